The first-order valence-corrected chi connectivity index (χ1v) is 5.44. The molecule has 0 heterocycles. The fraction of sp³-hybridized carbons (Fsp3) is 0.231. The van der Waals surface area contributed by atoms with Gasteiger partial charge in [-0.25, -0.2) is 0 Å². The number of benzene rings is 1. The Morgan fingerprint density at radius 2 is 1.40 bits per heavy atom. The van der Waals surface area contributed by atoms with Crippen molar-refractivity contribution in [3.63, 3.8) is 0 Å². The van der Waals surface area contributed by atoms with E-state index in [1.807, 2.05) is 24.3 Å². The van der Waals surface area contributed by atoms with Gasteiger partial charge in [0.2, 0.25) is 0 Å². The van der Waals surface area contributed by atoms with Gasteiger partial charge in [-0.3, -0.25) is 0 Å². The summed E-state index contributed by atoms with van der Waals surface area (Å²) in [6.07, 6.45) is 8.27. The standard InChI is InChI=1S/C13H11ClO/c14-12-7-5-11(6-8-12)13(15)9-1-2-10(13)4-3-9/h1-10,15H. The lowest BCUT2D eigenvalue weighted by molar-refractivity contribution is 0.00634. The van der Waals surface area contributed by atoms with Crippen LogP contribution in [0.1, 0.15) is 5.56 Å². The Kier molecular flexibility index (Phi) is 1.82. The van der Waals surface area contributed by atoms with Gasteiger partial charge < -0.3 is 5.11 Å². The number of hydrogen-bond donors (Lipinski definition) is 1. The highest BCUT2D eigenvalue weighted by molar-refractivity contribution is 6.30. The normalized spacial score (nSPS) is 36.4. The third kappa shape index (κ3) is 1.14. The molecule has 0 aliphatic heterocycles. The zero-order valence-electron chi connectivity index (χ0n) is 8.10. The molecule has 1 nitrogen and oxygen atoms in total. The number of fused-ring (bicyclic) bond motifs is 2. The van der Waals surface area contributed by atoms with Gasteiger partial charge in [-0.2, -0.15) is 0 Å². The maximum atomic E-state index is 10.7. The van der Waals surface area contributed by atoms with Crippen LogP contribution in [0.5, 0.6) is 0 Å². The SMILES string of the molecule is OC1(c2ccc(Cl)cc2)C2C=CC1C=C2. The third-order valence-corrected chi connectivity index (χ3v) is 3.63. The van der Waals surface area contributed by atoms with Crippen molar-refractivity contribution in [3.8, 4) is 0 Å². The average molecular weight is 219 g/mol. The summed E-state index contributed by atoms with van der Waals surface area (Å²) in [5, 5.41) is 11.4. The molecule has 3 rings (SSSR count). The summed E-state index contributed by atoms with van der Waals surface area (Å²) in [6, 6.07) is 7.46. The van der Waals surface area contributed by atoms with Crippen LogP contribution in [0.4, 0.5) is 0 Å². The highest BCUT2D eigenvalue weighted by Gasteiger charge is 2.48. The maximum absolute atomic E-state index is 10.7. The Balaban J connectivity index is 2.05. The molecule has 0 aromatic heterocycles. The van der Waals surface area contributed by atoms with Crippen molar-refractivity contribution in [1.82, 2.24) is 0 Å². The lowest BCUT2D eigenvalue weighted by Crippen LogP contribution is -2.32. The summed E-state index contributed by atoms with van der Waals surface area (Å²) >= 11 is 5.84. The van der Waals surface area contributed by atoms with Crippen molar-refractivity contribution in [2.24, 2.45) is 11.8 Å². The van der Waals surface area contributed by atoms with Crippen molar-refractivity contribution in [1.29, 1.82) is 0 Å². The molecule has 2 aliphatic rings. The molecular weight excluding hydrogens is 208 g/mol. The van der Waals surface area contributed by atoms with Crippen molar-refractivity contribution >= 4 is 11.6 Å². The van der Waals surface area contributed by atoms with Gasteiger partial charge in [-0.1, -0.05) is 48.0 Å². The molecular formula is C13H11ClO. The van der Waals surface area contributed by atoms with Crippen LogP contribution in [-0.2, 0) is 5.60 Å². The molecule has 2 bridgehead atoms. The van der Waals surface area contributed by atoms with Crippen LogP contribution in [0, 0.1) is 11.8 Å². The highest BCUT2D eigenvalue weighted by Crippen LogP contribution is 2.49. The first-order valence-electron chi connectivity index (χ1n) is 5.06. The van der Waals surface area contributed by atoms with Crippen LogP contribution < -0.4 is 0 Å². The molecule has 0 amide bonds. The largest absolute Gasteiger partial charge is 0.383 e. The second-order valence-electron chi connectivity index (χ2n) is 4.15. The van der Waals surface area contributed by atoms with Crippen LogP contribution in [0.15, 0.2) is 48.6 Å². The number of rotatable bonds is 1. The molecule has 0 fully saturated rings. The van der Waals surface area contributed by atoms with Gasteiger partial charge in [0.15, 0.2) is 0 Å². The van der Waals surface area contributed by atoms with E-state index in [0.717, 1.165) is 5.56 Å². The summed E-state index contributed by atoms with van der Waals surface area (Å²) in [5.41, 5.74) is 0.168. The summed E-state index contributed by atoms with van der Waals surface area (Å²) in [7, 11) is 0. The second-order valence-corrected chi connectivity index (χ2v) is 4.59. The quantitative estimate of drug-likeness (QED) is 0.719. The van der Waals surface area contributed by atoms with Crippen LogP contribution in [0.2, 0.25) is 5.02 Å². The molecule has 0 spiro atoms. The minimum Gasteiger partial charge on any atom is -0.383 e. The van der Waals surface area contributed by atoms with Crippen LogP contribution in [0.3, 0.4) is 0 Å². The van der Waals surface area contributed by atoms with E-state index in [1.54, 1.807) is 0 Å². The molecule has 15 heavy (non-hydrogen) atoms. The van der Waals surface area contributed by atoms with Gasteiger partial charge in [-0.05, 0) is 17.7 Å². The molecule has 1 aromatic rings. The lowest BCUT2D eigenvalue weighted by Gasteiger charge is -2.29. The number of halogens is 1. The molecule has 2 heteroatoms. The maximum Gasteiger partial charge on any atom is 0.109 e. The molecule has 0 radical (unpaired) electrons. The summed E-state index contributed by atoms with van der Waals surface area (Å²) < 4.78 is 0. The molecule has 76 valence electrons. The zero-order valence-corrected chi connectivity index (χ0v) is 8.85. The van der Waals surface area contributed by atoms with Crippen LogP contribution in [-0.4, -0.2) is 5.11 Å². The van der Waals surface area contributed by atoms with Crippen molar-refractivity contribution in [2.45, 2.75) is 5.60 Å². The molecule has 0 saturated carbocycles. The van der Waals surface area contributed by atoms with Gasteiger partial charge in [0, 0.05) is 16.9 Å². The van der Waals surface area contributed by atoms with E-state index >= 15 is 0 Å². The smallest absolute Gasteiger partial charge is 0.109 e. The Bertz CT molecular complexity index is 414. The van der Waals surface area contributed by atoms with E-state index in [1.165, 1.54) is 0 Å². The van der Waals surface area contributed by atoms with Crippen molar-refractivity contribution in [2.75, 3.05) is 0 Å². The van der Waals surface area contributed by atoms with E-state index in [0.29, 0.717) is 5.02 Å². The highest BCUT2D eigenvalue weighted by atomic mass is 35.5. The molecule has 1 aromatic carbocycles. The van der Waals surface area contributed by atoms with Gasteiger partial charge in [0.05, 0.1) is 0 Å². The summed E-state index contributed by atoms with van der Waals surface area (Å²) in [4.78, 5) is 0. The fourth-order valence-electron chi connectivity index (χ4n) is 2.52. The van der Waals surface area contributed by atoms with E-state index in [2.05, 4.69) is 24.3 Å². The Morgan fingerprint density at radius 1 is 0.933 bits per heavy atom. The Morgan fingerprint density at radius 3 is 1.87 bits per heavy atom. The van der Waals surface area contributed by atoms with E-state index < -0.39 is 5.60 Å². The zero-order chi connectivity index (χ0) is 10.5. The number of aliphatic hydroxyl groups is 1. The van der Waals surface area contributed by atoms with Gasteiger partial charge in [-0.15, -0.1) is 0 Å². The minimum absolute atomic E-state index is 0.115. The van der Waals surface area contributed by atoms with Gasteiger partial charge in [0.25, 0.3) is 0 Å². The monoisotopic (exact) mass is 218 g/mol. The van der Waals surface area contributed by atoms with Gasteiger partial charge in [0.1, 0.15) is 5.60 Å². The van der Waals surface area contributed by atoms with Crippen molar-refractivity contribution in [3.05, 3.63) is 59.2 Å². The third-order valence-electron chi connectivity index (χ3n) is 3.37. The summed E-state index contributed by atoms with van der Waals surface area (Å²) in [5.74, 6) is 0.229. The Hall–Kier alpha value is -1.05. The van der Waals surface area contributed by atoms with Crippen LogP contribution >= 0.6 is 11.6 Å². The predicted octanol–water partition coefficient (Wildman–Crippen LogP) is 2.90. The van der Waals surface area contributed by atoms with E-state index in [9.17, 15) is 5.11 Å². The second kappa shape index (κ2) is 2.97. The van der Waals surface area contributed by atoms with Gasteiger partial charge >= 0.3 is 0 Å². The molecule has 1 N–H and O–H groups in total. The van der Waals surface area contributed by atoms with Crippen molar-refractivity contribution < 1.29 is 5.11 Å². The summed E-state index contributed by atoms with van der Waals surface area (Å²) in [6.45, 7) is 0. The van der Waals surface area contributed by atoms with E-state index in [-0.39, 0.29) is 11.8 Å². The fourth-order valence-corrected chi connectivity index (χ4v) is 2.64. The number of hydrogen-bond acceptors (Lipinski definition) is 1. The molecule has 0 unspecified atom stereocenters. The van der Waals surface area contributed by atoms with Crippen LogP contribution in [0.25, 0.3) is 0 Å². The molecule has 0 atom stereocenters. The molecule has 2 aliphatic carbocycles. The first kappa shape index (κ1) is 9.20. The first-order chi connectivity index (χ1) is 7.21. The average Bonchev–Trinajstić information content (AvgIpc) is 2.74. The predicted molar refractivity (Wildman–Crippen MR) is 60.6 cm³/mol. The topological polar surface area (TPSA) is 20.2 Å². The molecule has 0 saturated heterocycles. The lowest BCUT2D eigenvalue weighted by atomic mass is 9.82. The Labute approximate surface area is 93.7 Å². The van der Waals surface area contributed by atoms with E-state index in [4.69, 9.17) is 11.6 Å². The minimum atomic E-state index is -0.773.